The lowest BCUT2D eigenvalue weighted by Crippen LogP contribution is -2.31. The lowest BCUT2D eigenvalue weighted by atomic mass is 10.00. The fourth-order valence-corrected chi connectivity index (χ4v) is 3.36. The van der Waals surface area contributed by atoms with Crippen LogP contribution >= 0.6 is 15.9 Å². The highest BCUT2D eigenvalue weighted by Gasteiger charge is 2.17. The molecule has 5 heteroatoms. The molecule has 0 unspecified atom stereocenters. The second kappa shape index (κ2) is 6.61. The van der Waals surface area contributed by atoms with Gasteiger partial charge < -0.3 is 10.2 Å². The summed E-state index contributed by atoms with van der Waals surface area (Å²) in [6.07, 6.45) is 2.67. The van der Waals surface area contributed by atoms with E-state index in [0.717, 1.165) is 41.3 Å². The minimum atomic E-state index is 0.797. The number of nitrogens with one attached hydrogen (secondary N) is 1. The van der Waals surface area contributed by atoms with E-state index in [-0.39, 0.29) is 0 Å². The van der Waals surface area contributed by atoms with Gasteiger partial charge >= 0.3 is 0 Å². The van der Waals surface area contributed by atoms with Crippen molar-refractivity contribution in [1.82, 2.24) is 9.97 Å². The molecule has 0 aliphatic carbocycles. The standard InChI is InChI=1S/C19H17BrN4/c20-16-7-3-4-8-17(16)23-18-11-19(22-13-21-18)24-10-9-14-5-1-2-6-15(14)12-24/h1-8,11,13H,9-10,12H2,(H,21,22,23). The molecule has 4 rings (SSSR count). The first kappa shape index (κ1) is 15.1. The minimum Gasteiger partial charge on any atom is -0.352 e. The summed E-state index contributed by atoms with van der Waals surface area (Å²) in [4.78, 5) is 11.1. The van der Waals surface area contributed by atoms with Gasteiger partial charge in [-0.05, 0) is 45.6 Å². The van der Waals surface area contributed by atoms with Crippen molar-refractivity contribution >= 4 is 33.3 Å². The lowest BCUT2D eigenvalue weighted by molar-refractivity contribution is 0.719. The molecule has 0 fully saturated rings. The van der Waals surface area contributed by atoms with Crippen molar-refractivity contribution < 1.29 is 0 Å². The Balaban J connectivity index is 1.56. The number of nitrogens with zero attached hydrogens (tertiary/aromatic N) is 3. The van der Waals surface area contributed by atoms with Crippen LogP contribution in [0.3, 0.4) is 0 Å². The van der Waals surface area contributed by atoms with Crippen molar-refractivity contribution in [2.24, 2.45) is 0 Å². The summed E-state index contributed by atoms with van der Waals surface area (Å²) < 4.78 is 1.01. The molecule has 0 radical (unpaired) electrons. The van der Waals surface area contributed by atoms with Crippen LogP contribution in [0.25, 0.3) is 0 Å². The number of benzene rings is 2. The summed E-state index contributed by atoms with van der Waals surface area (Å²) in [5, 5.41) is 3.35. The molecule has 0 spiro atoms. The number of fused-ring (bicyclic) bond motifs is 1. The molecule has 0 saturated carbocycles. The van der Waals surface area contributed by atoms with Crippen molar-refractivity contribution in [3.8, 4) is 0 Å². The molecule has 120 valence electrons. The average molecular weight is 381 g/mol. The van der Waals surface area contributed by atoms with E-state index >= 15 is 0 Å². The zero-order chi connectivity index (χ0) is 16.4. The van der Waals surface area contributed by atoms with Crippen LogP contribution in [0.5, 0.6) is 0 Å². The Labute approximate surface area is 149 Å². The number of halogens is 1. The van der Waals surface area contributed by atoms with Gasteiger partial charge in [0.2, 0.25) is 0 Å². The van der Waals surface area contributed by atoms with Crippen molar-refractivity contribution in [2.45, 2.75) is 13.0 Å². The topological polar surface area (TPSA) is 41.0 Å². The zero-order valence-electron chi connectivity index (χ0n) is 13.1. The smallest absolute Gasteiger partial charge is 0.135 e. The van der Waals surface area contributed by atoms with E-state index in [4.69, 9.17) is 0 Å². The second-order valence-electron chi connectivity index (χ2n) is 5.81. The number of para-hydroxylation sites is 1. The Morgan fingerprint density at radius 1 is 0.958 bits per heavy atom. The highest BCUT2D eigenvalue weighted by molar-refractivity contribution is 9.10. The van der Waals surface area contributed by atoms with E-state index in [0.29, 0.717) is 0 Å². The van der Waals surface area contributed by atoms with Crippen molar-refractivity contribution in [1.29, 1.82) is 0 Å². The molecule has 0 atom stereocenters. The van der Waals surface area contributed by atoms with Crippen molar-refractivity contribution in [3.05, 3.63) is 76.5 Å². The molecule has 4 nitrogen and oxygen atoms in total. The molecule has 1 aliphatic heterocycles. The van der Waals surface area contributed by atoms with Crippen molar-refractivity contribution in [2.75, 3.05) is 16.8 Å². The number of anilines is 3. The first-order chi connectivity index (χ1) is 11.8. The maximum Gasteiger partial charge on any atom is 0.135 e. The van der Waals surface area contributed by atoms with Gasteiger partial charge in [0, 0.05) is 23.6 Å². The molecule has 1 N–H and O–H groups in total. The SMILES string of the molecule is Brc1ccccc1Nc1cc(N2CCc3ccccc3C2)ncn1. The number of hydrogen-bond donors (Lipinski definition) is 1. The largest absolute Gasteiger partial charge is 0.352 e. The van der Waals surface area contributed by atoms with Crippen molar-refractivity contribution in [3.63, 3.8) is 0 Å². The third-order valence-corrected chi connectivity index (χ3v) is 4.94. The van der Waals surface area contributed by atoms with Crippen LogP contribution in [0.15, 0.2) is 65.4 Å². The molecule has 0 amide bonds. The average Bonchev–Trinajstić information content (AvgIpc) is 2.63. The fraction of sp³-hybridized carbons (Fsp3) is 0.158. The van der Waals surface area contributed by atoms with Gasteiger partial charge in [-0.1, -0.05) is 36.4 Å². The van der Waals surface area contributed by atoms with Gasteiger partial charge in [0.1, 0.15) is 18.0 Å². The third-order valence-electron chi connectivity index (χ3n) is 4.24. The zero-order valence-corrected chi connectivity index (χ0v) is 14.7. The second-order valence-corrected chi connectivity index (χ2v) is 6.66. The van der Waals surface area contributed by atoms with E-state index < -0.39 is 0 Å². The molecular weight excluding hydrogens is 364 g/mol. The predicted molar refractivity (Wildman–Crippen MR) is 101 cm³/mol. The first-order valence-corrected chi connectivity index (χ1v) is 8.74. The highest BCUT2D eigenvalue weighted by Crippen LogP contribution is 2.27. The Bertz CT molecular complexity index is 865. The van der Waals surface area contributed by atoms with Crippen LogP contribution in [0.2, 0.25) is 0 Å². The van der Waals surface area contributed by atoms with Crippen LogP contribution in [-0.2, 0) is 13.0 Å². The predicted octanol–water partition coefficient (Wildman–Crippen LogP) is 4.55. The van der Waals surface area contributed by atoms with Gasteiger partial charge in [0.25, 0.3) is 0 Å². The molecule has 3 aromatic rings. The van der Waals surface area contributed by atoms with Crippen LogP contribution in [0.4, 0.5) is 17.3 Å². The van der Waals surface area contributed by atoms with E-state index in [2.05, 4.69) is 60.4 Å². The Hall–Kier alpha value is -2.40. The normalized spacial score (nSPS) is 13.5. The lowest BCUT2D eigenvalue weighted by Gasteiger charge is -2.29. The summed E-state index contributed by atoms with van der Waals surface area (Å²) >= 11 is 3.55. The van der Waals surface area contributed by atoms with Crippen LogP contribution in [-0.4, -0.2) is 16.5 Å². The molecular formula is C19H17BrN4. The van der Waals surface area contributed by atoms with E-state index in [1.165, 1.54) is 11.1 Å². The van der Waals surface area contributed by atoms with Gasteiger partial charge in [-0.2, -0.15) is 0 Å². The highest BCUT2D eigenvalue weighted by atomic mass is 79.9. The summed E-state index contributed by atoms with van der Waals surface area (Å²) in [6.45, 7) is 1.87. The first-order valence-electron chi connectivity index (χ1n) is 7.95. The molecule has 2 heterocycles. The Morgan fingerprint density at radius 3 is 2.62 bits per heavy atom. The van der Waals surface area contributed by atoms with Gasteiger partial charge in [-0.25, -0.2) is 9.97 Å². The minimum absolute atomic E-state index is 0.797. The number of aromatic nitrogens is 2. The maximum atomic E-state index is 4.46. The van der Waals surface area contributed by atoms with E-state index in [1.807, 2.05) is 30.3 Å². The van der Waals surface area contributed by atoms with Gasteiger partial charge in [-0.3, -0.25) is 0 Å². The summed E-state index contributed by atoms with van der Waals surface area (Å²) in [7, 11) is 0. The van der Waals surface area contributed by atoms with Crippen LogP contribution in [0.1, 0.15) is 11.1 Å². The number of rotatable bonds is 3. The summed E-state index contributed by atoms with van der Waals surface area (Å²) in [5.74, 6) is 1.75. The molecule has 24 heavy (non-hydrogen) atoms. The molecule has 1 aromatic heterocycles. The Morgan fingerprint density at radius 2 is 1.75 bits per heavy atom. The van der Waals surface area contributed by atoms with Gasteiger partial charge in [-0.15, -0.1) is 0 Å². The molecule has 0 bridgehead atoms. The van der Waals surface area contributed by atoms with Crippen LogP contribution in [0, 0.1) is 0 Å². The third kappa shape index (κ3) is 3.12. The molecule has 0 saturated heterocycles. The molecule has 1 aliphatic rings. The quantitative estimate of drug-likeness (QED) is 0.723. The summed E-state index contributed by atoms with van der Waals surface area (Å²) in [6, 6.07) is 18.6. The van der Waals surface area contributed by atoms with E-state index in [9.17, 15) is 0 Å². The van der Waals surface area contributed by atoms with Crippen LogP contribution < -0.4 is 10.2 Å². The Kier molecular flexibility index (Phi) is 4.17. The van der Waals surface area contributed by atoms with Gasteiger partial charge in [0.15, 0.2) is 0 Å². The monoisotopic (exact) mass is 380 g/mol. The summed E-state index contributed by atoms with van der Waals surface area (Å²) in [5.41, 5.74) is 3.81. The number of hydrogen-bond acceptors (Lipinski definition) is 4. The van der Waals surface area contributed by atoms with E-state index in [1.54, 1.807) is 6.33 Å². The van der Waals surface area contributed by atoms with Gasteiger partial charge in [0.05, 0.1) is 5.69 Å². The maximum absolute atomic E-state index is 4.46. The fourth-order valence-electron chi connectivity index (χ4n) is 2.98. The molecule has 2 aromatic carbocycles.